The lowest BCUT2D eigenvalue weighted by atomic mass is 10.0. The van der Waals surface area contributed by atoms with Gasteiger partial charge in [-0.05, 0) is 17.5 Å². The number of carbonyl (C=O) groups excluding carboxylic acids is 1. The van der Waals surface area contributed by atoms with Gasteiger partial charge in [-0.25, -0.2) is 0 Å². The second-order valence-corrected chi connectivity index (χ2v) is 7.83. The number of nitrogens with zero attached hydrogens (tertiary/aromatic N) is 3. The molecule has 6 heteroatoms. The molecular weight excluding hydrogens is 388 g/mol. The normalized spacial score (nSPS) is 14.5. The van der Waals surface area contributed by atoms with Gasteiger partial charge in [-0.3, -0.25) is 14.4 Å². The van der Waals surface area contributed by atoms with Gasteiger partial charge in [0.05, 0.1) is 25.3 Å². The Hall–Kier alpha value is -2.96. The van der Waals surface area contributed by atoms with E-state index < -0.39 is 0 Å². The molecule has 2 aromatic carbocycles. The molecular formula is C25H30N4O2. The molecule has 0 radical (unpaired) electrons. The molecule has 31 heavy (non-hydrogen) atoms. The number of morpholine rings is 1. The second-order valence-electron chi connectivity index (χ2n) is 7.83. The minimum atomic E-state index is -0.0814. The minimum absolute atomic E-state index is 0.0814. The van der Waals surface area contributed by atoms with Crippen LogP contribution in [-0.4, -0.2) is 60.0 Å². The topological polar surface area (TPSA) is 59.4 Å². The molecule has 0 unspecified atom stereocenters. The van der Waals surface area contributed by atoms with Crippen LogP contribution in [0.1, 0.15) is 28.4 Å². The van der Waals surface area contributed by atoms with Crippen LogP contribution < -0.4 is 5.32 Å². The van der Waals surface area contributed by atoms with Crippen molar-refractivity contribution < 1.29 is 9.53 Å². The molecule has 0 bridgehead atoms. The Morgan fingerprint density at radius 2 is 1.77 bits per heavy atom. The molecule has 1 aliphatic heterocycles. The summed E-state index contributed by atoms with van der Waals surface area (Å²) in [7, 11) is 0. The van der Waals surface area contributed by atoms with Crippen molar-refractivity contribution in [3.05, 3.63) is 77.5 Å². The molecule has 1 aromatic heterocycles. The highest BCUT2D eigenvalue weighted by molar-refractivity contribution is 5.99. The monoisotopic (exact) mass is 418 g/mol. The van der Waals surface area contributed by atoms with Gasteiger partial charge in [-0.2, -0.15) is 5.10 Å². The van der Waals surface area contributed by atoms with Crippen LogP contribution in [0.5, 0.6) is 0 Å². The molecule has 0 aliphatic carbocycles. The van der Waals surface area contributed by atoms with E-state index in [2.05, 4.69) is 53.5 Å². The summed E-state index contributed by atoms with van der Waals surface area (Å²) in [5.41, 5.74) is 4.72. The average Bonchev–Trinajstić information content (AvgIpc) is 3.24. The van der Waals surface area contributed by atoms with Crippen LogP contribution in [0.4, 0.5) is 0 Å². The molecule has 0 saturated carbocycles. The van der Waals surface area contributed by atoms with E-state index in [0.29, 0.717) is 18.7 Å². The molecule has 1 aliphatic rings. The zero-order valence-electron chi connectivity index (χ0n) is 18.1. The number of benzene rings is 2. The van der Waals surface area contributed by atoms with E-state index in [1.807, 2.05) is 29.1 Å². The smallest absolute Gasteiger partial charge is 0.255 e. The lowest BCUT2D eigenvalue weighted by molar-refractivity contribution is 0.0383. The Kier molecular flexibility index (Phi) is 7.12. The fourth-order valence-electron chi connectivity index (χ4n) is 3.80. The van der Waals surface area contributed by atoms with Gasteiger partial charge < -0.3 is 10.1 Å². The Morgan fingerprint density at radius 3 is 2.48 bits per heavy atom. The van der Waals surface area contributed by atoms with Crippen LogP contribution in [0.2, 0.25) is 0 Å². The Balaban J connectivity index is 1.52. The van der Waals surface area contributed by atoms with Crippen LogP contribution in [0.3, 0.4) is 0 Å². The van der Waals surface area contributed by atoms with E-state index in [1.165, 1.54) is 5.56 Å². The number of aromatic nitrogens is 2. The number of ether oxygens (including phenoxy) is 1. The van der Waals surface area contributed by atoms with Gasteiger partial charge in [0.1, 0.15) is 5.69 Å². The third kappa shape index (κ3) is 5.60. The quantitative estimate of drug-likeness (QED) is 0.610. The molecule has 1 amide bonds. The number of aryl methyl sites for hydroxylation is 1. The van der Waals surface area contributed by atoms with Crippen molar-refractivity contribution in [1.29, 1.82) is 0 Å². The molecule has 0 spiro atoms. The van der Waals surface area contributed by atoms with Crippen molar-refractivity contribution in [2.45, 2.75) is 19.9 Å². The highest BCUT2D eigenvalue weighted by Crippen LogP contribution is 2.23. The SMILES string of the molecule is CCc1ccc(-c2nn(Cc3ccccc3)cc2C(=O)NCCN2CCOCC2)cc1. The van der Waals surface area contributed by atoms with Crippen molar-refractivity contribution in [3.63, 3.8) is 0 Å². The Bertz CT molecular complexity index is 977. The van der Waals surface area contributed by atoms with Crippen molar-refractivity contribution in [2.75, 3.05) is 39.4 Å². The summed E-state index contributed by atoms with van der Waals surface area (Å²) in [6.45, 7) is 7.56. The van der Waals surface area contributed by atoms with E-state index >= 15 is 0 Å². The first-order chi connectivity index (χ1) is 15.2. The second kappa shape index (κ2) is 10.4. The fraction of sp³-hybridized carbons (Fsp3) is 0.360. The van der Waals surface area contributed by atoms with Gasteiger partial charge in [0.25, 0.3) is 5.91 Å². The lowest BCUT2D eigenvalue weighted by Crippen LogP contribution is -2.41. The van der Waals surface area contributed by atoms with Gasteiger partial charge in [0.2, 0.25) is 0 Å². The summed E-state index contributed by atoms with van der Waals surface area (Å²) >= 11 is 0. The van der Waals surface area contributed by atoms with E-state index in [1.54, 1.807) is 0 Å². The number of hydrogen-bond acceptors (Lipinski definition) is 4. The van der Waals surface area contributed by atoms with E-state index in [-0.39, 0.29) is 5.91 Å². The molecule has 3 aromatic rings. The van der Waals surface area contributed by atoms with Crippen LogP contribution in [0.15, 0.2) is 60.8 Å². The van der Waals surface area contributed by atoms with Crippen molar-refractivity contribution in [2.24, 2.45) is 0 Å². The summed E-state index contributed by atoms with van der Waals surface area (Å²) in [6, 6.07) is 18.5. The maximum absolute atomic E-state index is 13.1. The number of carbonyl (C=O) groups is 1. The number of hydrogen-bond donors (Lipinski definition) is 1. The Morgan fingerprint density at radius 1 is 1.03 bits per heavy atom. The first-order valence-corrected chi connectivity index (χ1v) is 11.0. The fourth-order valence-corrected chi connectivity index (χ4v) is 3.80. The minimum Gasteiger partial charge on any atom is -0.379 e. The first-order valence-electron chi connectivity index (χ1n) is 11.0. The third-order valence-electron chi connectivity index (χ3n) is 5.65. The van der Waals surface area contributed by atoms with Crippen LogP contribution >= 0.6 is 0 Å². The lowest BCUT2D eigenvalue weighted by Gasteiger charge is -2.26. The predicted octanol–water partition coefficient (Wildman–Crippen LogP) is 3.22. The average molecular weight is 419 g/mol. The number of rotatable bonds is 8. The summed E-state index contributed by atoms with van der Waals surface area (Å²) in [5, 5.41) is 7.86. The maximum atomic E-state index is 13.1. The third-order valence-corrected chi connectivity index (χ3v) is 5.65. The zero-order valence-corrected chi connectivity index (χ0v) is 18.1. The van der Waals surface area contributed by atoms with Gasteiger partial charge in [-0.1, -0.05) is 61.5 Å². The molecule has 1 fully saturated rings. The van der Waals surface area contributed by atoms with Gasteiger partial charge in [0, 0.05) is 37.9 Å². The molecule has 1 saturated heterocycles. The standard InChI is InChI=1S/C25H30N4O2/c1-2-20-8-10-22(11-9-20)24-23(19-29(27-24)18-21-6-4-3-5-7-21)25(30)26-12-13-28-14-16-31-17-15-28/h3-11,19H,2,12-18H2,1H3,(H,26,30). The van der Waals surface area contributed by atoms with Crippen molar-refractivity contribution in [1.82, 2.24) is 20.0 Å². The molecule has 162 valence electrons. The van der Waals surface area contributed by atoms with Crippen molar-refractivity contribution >= 4 is 5.91 Å². The molecule has 4 rings (SSSR count). The largest absolute Gasteiger partial charge is 0.379 e. The molecule has 0 atom stereocenters. The van der Waals surface area contributed by atoms with Gasteiger partial charge in [0.15, 0.2) is 0 Å². The summed E-state index contributed by atoms with van der Waals surface area (Å²) in [4.78, 5) is 15.4. The molecule has 6 nitrogen and oxygen atoms in total. The summed E-state index contributed by atoms with van der Waals surface area (Å²) in [5.74, 6) is -0.0814. The van der Waals surface area contributed by atoms with Crippen molar-refractivity contribution in [3.8, 4) is 11.3 Å². The van der Waals surface area contributed by atoms with Gasteiger partial charge in [-0.15, -0.1) is 0 Å². The molecule has 2 heterocycles. The van der Waals surface area contributed by atoms with Crippen LogP contribution in [0, 0.1) is 0 Å². The van der Waals surface area contributed by atoms with E-state index in [4.69, 9.17) is 9.84 Å². The highest BCUT2D eigenvalue weighted by atomic mass is 16.5. The molecule has 1 N–H and O–H groups in total. The number of amides is 1. The zero-order chi connectivity index (χ0) is 21.5. The van der Waals surface area contributed by atoms with Gasteiger partial charge >= 0.3 is 0 Å². The summed E-state index contributed by atoms with van der Waals surface area (Å²) < 4.78 is 7.25. The highest BCUT2D eigenvalue weighted by Gasteiger charge is 2.19. The van der Waals surface area contributed by atoms with E-state index in [9.17, 15) is 4.79 Å². The van der Waals surface area contributed by atoms with Crippen LogP contribution in [0.25, 0.3) is 11.3 Å². The first kappa shape index (κ1) is 21.3. The Labute approximate surface area is 183 Å². The summed E-state index contributed by atoms with van der Waals surface area (Å²) in [6.07, 6.45) is 2.84. The number of nitrogens with one attached hydrogen (secondary N) is 1. The predicted molar refractivity (Wildman–Crippen MR) is 122 cm³/mol. The van der Waals surface area contributed by atoms with E-state index in [0.717, 1.165) is 56.1 Å². The van der Waals surface area contributed by atoms with Crippen LogP contribution in [-0.2, 0) is 17.7 Å². The maximum Gasteiger partial charge on any atom is 0.255 e.